The average molecular weight is 545 g/mol. The standard InChI is InChI=1S/C22H21BrN6O4S/c1-3-10-28-19(12-24-21(31)16-6-4-5-7-17(16)23)26-27-22(28)34-13-20(30)25-15-9-8-14(2)18(11-15)29(32)33/h3-9,11H,1,10,12-13H2,2H3,(H,24,31)(H,25,30). The molecule has 2 aromatic carbocycles. The lowest BCUT2D eigenvalue weighted by molar-refractivity contribution is -0.385. The molecule has 3 aromatic rings. The van der Waals surface area contributed by atoms with Crippen LogP contribution in [0.5, 0.6) is 0 Å². The van der Waals surface area contributed by atoms with Crippen molar-refractivity contribution in [2.75, 3.05) is 11.1 Å². The first-order chi connectivity index (χ1) is 16.3. The molecule has 1 aromatic heterocycles. The maximum Gasteiger partial charge on any atom is 0.274 e. The molecule has 0 aliphatic rings. The van der Waals surface area contributed by atoms with E-state index in [0.29, 0.717) is 38.8 Å². The molecule has 0 aliphatic carbocycles. The van der Waals surface area contributed by atoms with Crippen LogP contribution in [0.3, 0.4) is 0 Å². The number of nitro benzene ring substituents is 1. The van der Waals surface area contributed by atoms with Crippen LogP contribution in [0, 0.1) is 17.0 Å². The van der Waals surface area contributed by atoms with Crippen molar-refractivity contribution in [3.05, 3.63) is 86.7 Å². The third-order valence-corrected chi connectivity index (χ3v) is 6.31. The maximum absolute atomic E-state index is 12.5. The molecule has 2 N–H and O–H groups in total. The van der Waals surface area contributed by atoms with Gasteiger partial charge in [0.15, 0.2) is 11.0 Å². The van der Waals surface area contributed by atoms with Gasteiger partial charge in [-0.15, -0.1) is 16.8 Å². The van der Waals surface area contributed by atoms with Crippen molar-refractivity contribution in [1.82, 2.24) is 20.1 Å². The number of carbonyl (C=O) groups is 2. The summed E-state index contributed by atoms with van der Waals surface area (Å²) in [5.74, 6) is -0.0841. The Bertz CT molecular complexity index is 1250. The summed E-state index contributed by atoms with van der Waals surface area (Å²) in [5, 5.41) is 25.3. The molecule has 0 saturated carbocycles. The van der Waals surface area contributed by atoms with Crippen LogP contribution in [0.15, 0.2) is 64.7 Å². The first-order valence-corrected chi connectivity index (χ1v) is 11.8. The first kappa shape index (κ1) is 25.1. The fourth-order valence-corrected chi connectivity index (χ4v) is 4.21. The molecule has 0 unspecified atom stereocenters. The summed E-state index contributed by atoms with van der Waals surface area (Å²) in [4.78, 5) is 35.5. The van der Waals surface area contributed by atoms with E-state index in [1.807, 2.05) is 6.07 Å². The predicted molar refractivity (Wildman–Crippen MR) is 133 cm³/mol. The zero-order valence-electron chi connectivity index (χ0n) is 18.2. The van der Waals surface area contributed by atoms with E-state index in [2.05, 4.69) is 43.3 Å². The number of thioether (sulfide) groups is 1. The largest absolute Gasteiger partial charge is 0.345 e. The second kappa shape index (κ2) is 11.6. The van der Waals surface area contributed by atoms with E-state index < -0.39 is 4.92 Å². The molecule has 12 heteroatoms. The van der Waals surface area contributed by atoms with Gasteiger partial charge < -0.3 is 15.2 Å². The molecular weight excluding hydrogens is 524 g/mol. The summed E-state index contributed by atoms with van der Waals surface area (Å²) < 4.78 is 2.43. The Morgan fingerprint density at radius 1 is 1.26 bits per heavy atom. The molecule has 0 saturated heterocycles. The lowest BCUT2D eigenvalue weighted by atomic mass is 10.2. The Hall–Kier alpha value is -3.51. The van der Waals surface area contributed by atoms with Crippen LogP contribution in [0.4, 0.5) is 11.4 Å². The number of nitrogens with one attached hydrogen (secondary N) is 2. The average Bonchev–Trinajstić information content (AvgIpc) is 3.19. The number of hydrogen-bond acceptors (Lipinski definition) is 7. The third kappa shape index (κ3) is 6.29. The van der Waals surface area contributed by atoms with Crippen LogP contribution in [0.2, 0.25) is 0 Å². The van der Waals surface area contributed by atoms with E-state index >= 15 is 0 Å². The van der Waals surface area contributed by atoms with Gasteiger partial charge in [0, 0.05) is 28.3 Å². The van der Waals surface area contributed by atoms with Gasteiger partial charge in [-0.1, -0.05) is 36.0 Å². The zero-order chi connectivity index (χ0) is 24.7. The summed E-state index contributed by atoms with van der Waals surface area (Å²) in [6.07, 6.45) is 1.66. The van der Waals surface area contributed by atoms with Crippen LogP contribution in [0.25, 0.3) is 0 Å². The van der Waals surface area contributed by atoms with Crippen LogP contribution >= 0.6 is 27.7 Å². The van der Waals surface area contributed by atoms with E-state index in [0.717, 1.165) is 11.8 Å². The highest BCUT2D eigenvalue weighted by molar-refractivity contribution is 9.10. The Labute approximate surface area is 208 Å². The minimum Gasteiger partial charge on any atom is -0.345 e. The summed E-state index contributed by atoms with van der Waals surface area (Å²) in [7, 11) is 0. The lowest BCUT2D eigenvalue weighted by Crippen LogP contribution is -2.25. The minimum absolute atomic E-state index is 0.0142. The van der Waals surface area contributed by atoms with Gasteiger partial charge in [-0.3, -0.25) is 19.7 Å². The number of nitro groups is 1. The van der Waals surface area contributed by atoms with Crippen molar-refractivity contribution in [3.8, 4) is 0 Å². The SMILES string of the molecule is C=CCn1c(CNC(=O)c2ccccc2Br)nnc1SCC(=O)Nc1ccc(C)c([N+](=O)[O-])c1. The van der Waals surface area contributed by atoms with Gasteiger partial charge in [-0.25, -0.2) is 0 Å². The highest BCUT2D eigenvalue weighted by Gasteiger charge is 2.17. The number of aryl methyl sites for hydroxylation is 1. The summed E-state index contributed by atoms with van der Waals surface area (Å²) in [6.45, 7) is 5.90. The lowest BCUT2D eigenvalue weighted by Gasteiger charge is -2.10. The fourth-order valence-electron chi connectivity index (χ4n) is 2.98. The van der Waals surface area contributed by atoms with Gasteiger partial charge >= 0.3 is 0 Å². The molecular formula is C22H21BrN6O4S. The van der Waals surface area contributed by atoms with Gasteiger partial charge in [0.2, 0.25) is 5.91 Å². The quantitative estimate of drug-likeness (QED) is 0.170. The number of carbonyl (C=O) groups excluding carboxylic acids is 2. The number of allylic oxidation sites excluding steroid dienone is 1. The smallest absolute Gasteiger partial charge is 0.274 e. The van der Waals surface area contributed by atoms with Crippen molar-refractivity contribution in [3.63, 3.8) is 0 Å². The highest BCUT2D eigenvalue weighted by atomic mass is 79.9. The third-order valence-electron chi connectivity index (χ3n) is 4.65. The molecule has 0 spiro atoms. The van der Waals surface area contributed by atoms with Gasteiger partial charge in [0.25, 0.3) is 11.6 Å². The van der Waals surface area contributed by atoms with Crippen molar-refractivity contribution >= 4 is 50.9 Å². The summed E-state index contributed by atoms with van der Waals surface area (Å²) in [6, 6.07) is 11.6. The topological polar surface area (TPSA) is 132 Å². The predicted octanol–water partition coefficient (Wildman–Crippen LogP) is 4.10. The van der Waals surface area contributed by atoms with Crippen LogP contribution < -0.4 is 10.6 Å². The molecule has 0 bridgehead atoms. The Morgan fingerprint density at radius 3 is 2.74 bits per heavy atom. The molecule has 0 radical (unpaired) electrons. The van der Waals surface area contributed by atoms with Crippen molar-refractivity contribution < 1.29 is 14.5 Å². The van der Waals surface area contributed by atoms with Gasteiger partial charge in [-0.2, -0.15) is 0 Å². The molecule has 176 valence electrons. The van der Waals surface area contributed by atoms with Gasteiger partial charge in [-0.05, 0) is 41.1 Å². The van der Waals surface area contributed by atoms with Gasteiger partial charge in [0.05, 0.1) is 22.8 Å². The van der Waals surface area contributed by atoms with Crippen molar-refractivity contribution in [1.29, 1.82) is 0 Å². The molecule has 34 heavy (non-hydrogen) atoms. The first-order valence-electron chi connectivity index (χ1n) is 10.0. The van der Waals surface area contributed by atoms with Crippen LogP contribution in [-0.2, 0) is 17.9 Å². The number of benzene rings is 2. The van der Waals surface area contributed by atoms with E-state index in [9.17, 15) is 19.7 Å². The van der Waals surface area contributed by atoms with Gasteiger partial charge in [0.1, 0.15) is 0 Å². The monoisotopic (exact) mass is 544 g/mol. The second-order valence-corrected chi connectivity index (χ2v) is 8.85. The number of halogens is 1. The van der Waals surface area contributed by atoms with Crippen molar-refractivity contribution in [2.24, 2.45) is 0 Å². The zero-order valence-corrected chi connectivity index (χ0v) is 20.6. The number of nitrogens with zero attached hydrogens (tertiary/aromatic N) is 4. The Balaban J connectivity index is 1.63. The van der Waals surface area contributed by atoms with E-state index in [1.54, 1.807) is 47.9 Å². The van der Waals surface area contributed by atoms with Crippen LogP contribution in [0.1, 0.15) is 21.7 Å². The van der Waals surface area contributed by atoms with E-state index in [-0.39, 0.29) is 29.8 Å². The molecule has 0 aliphatic heterocycles. The molecule has 2 amide bonds. The Kier molecular flexibility index (Phi) is 8.55. The summed E-state index contributed by atoms with van der Waals surface area (Å²) >= 11 is 4.51. The second-order valence-electron chi connectivity index (χ2n) is 7.06. The number of anilines is 1. The molecule has 10 nitrogen and oxygen atoms in total. The molecule has 1 heterocycles. The fraction of sp³-hybridized carbons (Fsp3) is 0.182. The molecule has 3 rings (SSSR count). The van der Waals surface area contributed by atoms with Crippen LogP contribution in [-0.4, -0.2) is 37.3 Å². The minimum atomic E-state index is -0.492. The van der Waals surface area contributed by atoms with Crippen molar-refractivity contribution in [2.45, 2.75) is 25.2 Å². The van der Waals surface area contributed by atoms with E-state index in [4.69, 9.17) is 0 Å². The maximum atomic E-state index is 12.5. The number of rotatable bonds is 10. The summed E-state index contributed by atoms with van der Waals surface area (Å²) in [5.41, 5.74) is 1.28. The highest BCUT2D eigenvalue weighted by Crippen LogP contribution is 2.23. The molecule has 0 fully saturated rings. The number of amides is 2. The number of hydrogen-bond donors (Lipinski definition) is 2. The normalized spacial score (nSPS) is 10.5. The number of aromatic nitrogens is 3. The van der Waals surface area contributed by atoms with E-state index in [1.165, 1.54) is 6.07 Å². The Morgan fingerprint density at radius 2 is 2.03 bits per heavy atom. The molecule has 0 atom stereocenters.